The summed E-state index contributed by atoms with van der Waals surface area (Å²) in [5.74, 6) is 0.856. The van der Waals surface area contributed by atoms with Crippen LogP contribution in [0.3, 0.4) is 0 Å². The zero-order chi connectivity index (χ0) is 16.8. The van der Waals surface area contributed by atoms with Crippen LogP contribution >= 0.6 is 0 Å². The summed E-state index contributed by atoms with van der Waals surface area (Å²) in [5, 5.41) is 12.9. The van der Waals surface area contributed by atoms with Crippen molar-refractivity contribution in [1.29, 1.82) is 0 Å². The molecule has 1 aromatic rings. The number of hydrogen-bond donors (Lipinski definition) is 2. The van der Waals surface area contributed by atoms with Crippen LogP contribution in [-0.2, 0) is 16.0 Å². The number of aryl methyl sites for hydroxylation is 1. The lowest BCUT2D eigenvalue weighted by Crippen LogP contribution is -2.43. The highest BCUT2D eigenvalue weighted by Crippen LogP contribution is 2.25. The summed E-state index contributed by atoms with van der Waals surface area (Å²) in [6.45, 7) is 1.12. The second-order valence-electron chi connectivity index (χ2n) is 6.98. The number of rotatable bonds is 7. The molecule has 3 rings (SSSR count). The van der Waals surface area contributed by atoms with Crippen LogP contribution in [0.5, 0.6) is 5.75 Å². The van der Waals surface area contributed by atoms with Crippen molar-refractivity contribution in [2.75, 3.05) is 19.8 Å². The average molecular weight is 333 g/mol. The average Bonchev–Trinajstić information content (AvgIpc) is 3.24. The van der Waals surface area contributed by atoms with Gasteiger partial charge in [-0.3, -0.25) is 4.79 Å². The minimum atomic E-state index is -0.898. The van der Waals surface area contributed by atoms with E-state index < -0.39 is 5.60 Å². The van der Waals surface area contributed by atoms with Crippen molar-refractivity contribution in [1.82, 2.24) is 5.32 Å². The predicted molar refractivity (Wildman–Crippen MR) is 91.0 cm³/mol. The van der Waals surface area contributed by atoms with Gasteiger partial charge in [-0.05, 0) is 49.8 Å². The molecule has 1 unspecified atom stereocenters. The molecule has 2 N–H and O–H groups in total. The molecule has 1 amide bonds. The molecule has 5 nitrogen and oxygen atoms in total. The van der Waals surface area contributed by atoms with Crippen molar-refractivity contribution in [2.24, 2.45) is 0 Å². The summed E-state index contributed by atoms with van der Waals surface area (Å²) < 4.78 is 11.2. The molecule has 0 spiro atoms. The predicted octanol–water partition coefficient (Wildman–Crippen LogP) is 2.21. The van der Waals surface area contributed by atoms with Crippen LogP contribution in [0.15, 0.2) is 24.3 Å². The highest BCUT2D eigenvalue weighted by atomic mass is 16.5. The molecule has 1 aliphatic carbocycles. The van der Waals surface area contributed by atoms with Gasteiger partial charge >= 0.3 is 0 Å². The molecule has 1 aromatic carbocycles. The second-order valence-corrected chi connectivity index (χ2v) is 6.98. The Morgan fingerprint density at radius 1 is 1.38 bits per heavy atom. The molecule has 0 aromatic heterocycles. The quantitative estimate of drug-likeness (QED) is 0.803. The van der Waals surface area contributed by atoms with E-state index in [0.717, 1.165) is 24.2 Å². The van der Waals surface area contributed by atoms with Gasteiger partial charge in [0.1, 0.15) is 11.4 Å². The Balaban J connectivity index is 1.42. The first-order valence-corrected chi connectivity index (χ1v) is 8.95. The summed E-state index contributed by atoms with van der Waals surface area (Å²) in [4.78, 5) is 12.0. The van der Waals surface area contributed by atoms with E-state index in [1.165, 1.54) is 12.8 Å². The number of hydrogen-bond acceptors (Lipinski definition) is 4. The number of aliphatic hydroxyl groups is 1. The minimum absolute atomic E-state index is 0.0440. The van der Waals surface area contributed by atoms with Gasteiger partial charge in [-0.15, -0.1) is 0 Å². The molecular formula is C19H27NO4. The topological polar surface area (TPSA) is 67.8 Å². The first-order valence-electron chi connectivity index (χ1n) is 8.95. The summed E-state index contributed by atoms with van der Waals surface area (Å²) in [5.41, 5.74) is 0.202. The zero-order valence-electron chi connectivity index (χ0n) is 14.1. The van der Waals surface area contributed by atoms with Crippen LogP contribution < -0.4 is 10.1 Å². The standard InChI is InChI=1S/C19H27NO4/c21-18(20-13-19(22)10-11-23-14-19)9-8-15-4-3-7-17(12-15)24-16-5-1-2-6-16/h3-4,7,12,16,22H,1-2,5-6,8-11,13-14H2,(H,20,21). The molecule has 5 heteroatoms. The smallest absolute Gasteiger partial charge is 0.220 e. The maximum atomic E-state index is 12.0. The minimum Gasteiger partial charge on any atom is -0.490 e. The van der Waals surface area contributed by atoms with E-state index in [4.69, 9.17) is 9.47 Å². The molecule has 1 aliphatic heterocycles. The van der Waals surface area contributed by atoms with Gasteiger partial charge in [-0.1, -0.05) is 12.1 Å². The van der Waals surface area contributed by atoms with Gasteiger partial charge in [0.15, 0.2) is 0 Å². The van der Waals surface area contributed by atoms with E-state index in [1.54, 1.807) is 0 Å². The van der Waals surface area contributed by atoms with Gasteiger partial charge in [-0.25, -0.2) is 0 Å². The third-order valence-corrected chi connectivity index (χ3v) is 4.84. The lowest BCUT2D eigenvalue weighted by molar-refractivity contribution is -0.122. The first kappa shape index (κ1) is 17.2. The van der Waals surface area contributed by atoms with Crippen molar-refractivity contribution in [3.05, 3.63) is 29.8 Å². The van der Waals surface area contributed by atoms with Crippen molar-refractivity contribution in [3.8, 4) is 5.75 Å². The molecule has 1 saturated carbocycles. The molecule has 2 aliphatic rings. The van der Waals surface area contributed by atoms with Crippen LogP contribution in [0.4, 0.5) is 0 Å². The third-order valence-electron chi connectivity index (χ3n) is 4.84. The van der Waals surface area contributed by atoms with Crippen molar-refractivity contribution in [3.63, 3.8) is 0 Å². The number of carbonyl (C=O) groups excluding carboxylic acids is 1. The normalized spacial score (nSPS) is 24.2. The van der Waals surface area contributed by atoms with Gasteiger partial charge in [0.05, 0.1) is 12.7 Å². The molecule has 132 valence electrons. The molecule has 0 bridgehead atoms. The molecule has 1 saturated heterocycles. The maximum Gasteiger partial charge on any atom is 0.220 e. The summed E-state index contributed by atoms with van der Waals surface area (Å²) in [7, 11) is 0. The fraction of sp³-hybridized carbons (Fsp3) is 0.632. The van der Waals surface area contributed by atoms with Gasteiger partial charge in [0.2, 0.25) is 5.91 Å². The zero-order valence-corrected chi connectivity index (χ0v) is 14.1. The Bertz CT molecular complexity index is 548. The van der Waals surface area contributed by atoms with Crippen molar-refractivity contribution >= 4 is 5.91 Å². The lowest BCUT2D eigenvalue weighted by Gasteiger charge is -2.20. The van der Waals surface area contributed by atoms with E-state index in [0.29, 0.717) is 38.6 Å². The molecule has 1 heterocycles. The Labute approximate surface area is 143 Å². The van der Waals surface area contributed by atoms with Crippen molar-refractivity contribution in [2.45, 2.75) is 56.7 Å². The Kier molecular flexibility index (Phi) is 5.74. The summed E-state index contributed by atoms with van der Waals surface area (Å²) in [6, 6.07) is 8.02. The molecule has 0 radical (unpaired) electrons. The summed E-state index contributed by atoms with van der Waals surface area (Å²) in [6.07, 6.45) is 6.78. The van der Waals surface area contributed by atoms with Crippen LogP contribution in [0.1, 0.15) is 44.1 Å². The molecule has 1 atom stereocenters. The van der Waals surface area contributed by atoms with E-state index in [9.17, 15) is 9.90 Å². The Morgan fingerprint density at radius 2 is 2.21 bits per heavy atom. The summed E-state index contributed by atoms with van der Waals surface area (Å²) >= 11 is 0. The molecule has 2 fully saturated rings. The van der Waals surface area contributed by atoms with Crippen LogP contribution in [0.2, 0.25) is 0 Å². The highest BCUT2D eigenvalue weighted by Gasteiger charge is 2.32. The maximum absolute atomic E-state index is 12.0. The second kappa shape index (κ2) is 7.99. The third kappa shape index (κ3) is 4.95. The number of carbonyl (C=O) groups is 1. The van der Waals surface area contributed by atoms with Gasteiger partial charge in [-0.2, -0.15) is 0 Å². The van der Waals surface area contributed by atoms with Gasteiger partial charge in [0, 0.05) is 26.0 Å². The van der Waals surface area contributed by atoms with Crippen LogP contribution in [0, 0.1) is 0 Å². The first-order chi connectivity index (χ1) is 11.6. The monoisotopic (exact) mass is 333 g/mol. The van der Waals surface area contributed by atoms with Gasteiger partial charge < -0.3 is 19.9 Å². The fourth-order valence-electron chi connectivity index (χ4n) is 3.32. The lowest BCUT2D eigenvalue weighted by atomic mass is 10.0. The van der Waals surface area contributed by atoms with Crippen LogP contribution in [-0.4, -0.2) is 42.5 Å². The van der Waals surface area contributed by atoms with Crippen LogP contribution in [0.25, 0.3) is 0 Å². The SMILES string of the molecule is O=C(CCc1cccc(OC2CCCC2)c1)NCC1(O)CCOC1. The fourth-order valence-corrected chi connectivity index (χ4v) is 3.32. The van der Waals surface area contributed by atoms with E-state index in [2.05, 4.69) is 5.32 Å². The van der Waals surface area contributed by atoms with Crippen molar-refractivity contribution < 1.29 is 19.4 Å². The number of ether oxygens (including phenoxy) is 2. The van der Waals surface area contributed by atoms with E-state index in [1.807, 2.05) is 24.3 Å². The van der Waals surface area contributed by atoms with E-state index in [-0.39, 0.29) is 12.5 Å². The highest BCUT2D eigenvalue weighted by molar-refractivity contribution is 5.76. The number of amides is 1. The Morgan fingerprint density at radius 3 is 2.96 bits per heavy atom. The number of nitrogens with one attached hydrogen (secondary N) is 1. The van der Waals surface area contributed by atoms with Gasteiger partial charge in [0.25, 0.3) is 0 Å². The Hall–Kier alpha value is -1.59. The molecule has 24 heavy (non-hydrogen) atoms. The number of benzene rings is 1. The largest absolute Gasteiger partial charge is 0.490 e. The molecular weight excluding hydrogens is 306 g/mol. The van der Waals surface area contributed by atoms with E-state index >= 15 is 0 Å².